The lowest BCUT2D eigenvalue weighted by molar-refractivity contribution is -0.159. The quantitative estimate of drug-likeness (QED) is 0.625. The standard InChI is InChI=1S/C21H22O5/c1-12(20(23)24)13(2)26-21(25)18-11-9-15-16(18)8-10-17(15)19(22)14-6-4-3-5-7-14/h3-8,10,12-13,15,18H,9,11H2,1-2H3,(H,23,24)/t12-,13+,15?,18-/m0/s1. The monoisotopic (exact) mass is 354 g/mol. The lowest BCUT2D eigenvalue weighted by Crippen LogP contribution is -2.30. The van der Waals surface area contributed by atoms with Crippen molar-refractivity contribution in [2.75, 3.05) is 0 Å². The average molecular weight is 354 g/mol. The molecule has 1 N–H and O–H groups in total. The summed E-state index contributed by atoms with van der Waals surface area (Å²) in [6, 6.07) is 9.10. The minimum absolute atomic E-state index is 0.0104. The predicted molar refractivity (Wildman–Crippen MR) is 95.5 cm³/mol. The first kappa shape index (κ1) is 18.1. The van der Waals surface area contributed by atoms with Crippen LogP contribution in [0.15, 0.2) is 53.6 Å². The molecule has 3 rings (SSSR count). The van der Waals surface area contributed by atoms with Crippen LogP contribution in [0.25, 0.3) is 0 Å². The first-order valence-electron chi connectivity index (χ1n) is 8.85. The van der Waals surface area contributed by atoms with Crippen molar-refractivity contribution in [1.82, 2.24) is 0 Å². The number of Topliss-reactive ketones (excluding diaryl/α,β-unsaturated/α-hetero) is 1. The fourth-order valence-corrected chi connectivity index (χ4v) is 3.59. The van der Waals surface area contributed by atoms with Crippen molar-refractivity contribution in [2.45, 2.75) is 32.8 Å². The van der Waals surface area contributed by atoms with Crippen LogP contribution in [0, 0.1) is 17.8 Å². The molecule has 5 nitrogen and oxygen atoms in total. The van der Waals surface area contributed by atoms with Crippen LogP contribution in [0.1, 0.15) is 37.0 Å². The Kier molecular flexibility index (Phi) is 5.07. The molecule has 0 amide bonds. The number of carbonyl (C=O) groups excluding carboxylic acids is 2. The zero-order valence-electron chi connectivity index (χ0n) is 14.8. The van der Waals surface area contributed by atoms with Gasteiger partial charge in [-0.25, -0.2) is 0 Å². The van der Waals surface area contributed by atoms with Crippen LogP contribution in [0.4, 0.5) is 0 Å². The summed E-state index contributed by atoms with van der Waals surface area (Å²) in [5.41, 5.74) is 2.27. The highest BCUT2D eigenvalue weighted by Crippen LogP contribution is 2.45. The lowest BCUT2D eigenvalue weighted by Gasteiger charge is -2.20. The first-order chi connectivity index (χ1) is 12.4. The molecule has 0 saturated heterocycles. The molecule has 136 valence electrons. The van der Waals surface area contributed by atoms with Crippen LogP contribution in [0.5, 0.6) is 0 Å². The van der Waals surface area contributed by atoms with E-state index in [0.29, 0.717) is 17.6 Å². The van der Waals surface area contributed by atoms with E-state index in [4.69, 9.17) is 9.84 Å². The van der Waals surface area contributed by atoms with Crippen molar-refractivity contribution in [3.05, 3.63) is 59.2 Å². The van der Waals surface area contributed by atoms with Crippen LogP contribution < -0.4 is 0 Å². The number of rotatable bonds is 6. The van der Waals surface area contributed by atoms with Gasteiger partial charge in [-0.1, -0.05) is 42.5 Å². The van der Waals surface area contributed by atoms with Crippen molar-refractivity contribution >= 4 is 17.7 Å². The third kappa shape index (κ3) is 3.34. The van der Waals surface area contributed by atoms with Gasteiger partial charge in [-0.05, 0) is 32.3 Å². The molecule has 1 aromatic carbocycles. The van der Waals surface area contributed by atoms with Gasteiger partial charge in [0.2, 0.25) is 0 Å². The molecule has 0 spiro atoms. The van der Waals surface area contributed by atoms with Gasteiger partial charge in [-0.3, -0.25) is 14.4 Å². The first-order valence-corrected chi connectivity index (χ1v) is 8.85. The molecule has 4 atom stereocenters. The molecule has 2 aliphatic carbocycles. The largest absolute Gasteiger partial charge is 0.481 e. The van der Waals surface area contributed by atoms with Crippen LogP contribution in [-0.4, -0.2) is 28.9 Å². The maximum atomic E-state index is 12.7. The highest BCUT2D eigenvalue weighted by molar-refractivity contribution is 6.10. The molecule has 0 aromatic heterocycles. The van der Waals surface area contributed by atoms with E-state index < -0.39 is 29.9 Å². The number of hydrogen-bond acceptors (Lipinski definition) is 4. The Balaban J connectivity index is 1.67. The number of benzene rings is 1. The molecule has 5 heteroatoms. The second-order valence-electron chi connectivity index (χ2n) is 6.94. The summed E-state index contributed by atoms with van der Waals surface area (Å²) in [4.78, 5) is 36.3. The number of ether oxygens (including phenoxy) is 1. The number of esters is 1. The highest BCUT2D eigenvalue weighted by Gasteiger charge is 2.42. The average Bonchev–Trinajstić information content (AvgIpc) is 3.22. The minimum atomic E-state index is -0.993. The second kappa shape index (κ2) is 7.28. The van der Waals surface area contributed by atoms with Gasteiger partial charge < -0.3 is 9.84 Å². The normalized spacial score (nSPS) is 23.5. The van der Waals surface area contributed by atoms with Crippen molar-refractivity contribution < 1.29 is 24.2 Å². The Bertz CT molecular complexity index is 790. The topological polar surface area (TPSA) is 80.7 Å². The van der Waals surface area contributed by atoms with Crippen molar-refractivity contribution in [2.24, 2.45) is 17.8 Å². The van der Waals surface area contributed by atoms with E-state index in [1.807, 2.05) is 24.3 Å². The van der Waals surface area contributed by atoms with Gasteiger partial charge in [0.1, 0.15) is 6.10 Å². The highest BCUT2D eigenvalue weighted by atomic mass is 16.5. The molecule has 1 aromatic rings. The van der Waals surface area contributed by atoms with E-state index in [0.717, 1.165) is 12.0 Å². The summed E-state index contributed by atoms with van der Waals surface area (Å²) in [7, 11) is 0. The van der Waals surface area contributed by atoms with Gasteiger partial charge in [-0.15, -0.1) is 0 Å². The summed E-state index contributed by atoms with van der Waals surface area (Å²) in [6.45, 7) is 3.11. The van der Waals surface area contributed by atoms with Gasteiger partial charge in [0, 0.05) is 17.1 Å². The van der Waals surface area contributed by atoms with Gasteiger partial charge in [0.05, 0.1) is 11.8 Å². The van der Waals surface area contributed by atoms with E-state index in [-0.39, 0.29) is 11.7 Å². The molecular weight excluding hydrogens is 332 g/mol. The summed E-state index contributed by atoms with van der Waals surface area (Å²) in [5.74, 6) is -2.62. The number of aliphatic carboxylic acids is 1. The smallest absolute Gasteiger partial charge is 0.313 e. The van der Waals surface area contributed by atoms with Crippen molar-refractivity contribution in [3.8, 4) is 0 Å². The van der Waals surface area contributed by atoms with Crippen LogP contribution in [-0.2, 0) is 14.3 Å². The SMILES string of the molecule is C[C@H](C(=O)O)[C@@H](C)OC(=O)[C@H]1CCC2C(C(=O)c3ccccc3)=CC=C21. The summed E-state index contributed by atoms with van der Waals surface area (Å²) >= 11 is 0. The van der Waals surface area contributed by atoms with E-state index in [1.54, 1.807) is 25.1 Å². The maximum Gasteiger partial charge on any atom is 0.313 e. The molecule has 1 saturated carbocycles. The van der Waals surface area contributed by atoms with Gasteiger partial charge in [0.15, 0.2) is 5.78 Å². The van der Waals surface area contributed by atoms with Crippen molar-refractivity contribution in [3.63, 3.8) is 0 Å². The summed E-state index contributed by atoms with van der Waals surface area (Å²) < 4.78 is 5.38. The summed E-state index contributed by atoms with van der Waals surface area (Å²) in [6.07, 6.45) is 4.30. The van der Waals surface area contributed by atoms with E-state index in [2.05, 4.69) is 0 Å². The Labute approximate surface area is 152 Å². The molecule has 0 radical (unpaired) electrons. The van der Waals surface area contributed by atoms with Gasteiger partial charge >= 0.3 is 11.9 Å². The molecular formula is C21H22O5. The fraction of sp³-hybridized carbons (Fsp3) is 0.381. The van der Waals surface area contributed by atoms with Gasteiger partial charge in [0.25, 0.3) is 0 Å². The number of fused-ring (bicyclic) bond motifs is 1. The zero-order valence-corrected chi connectivity index (χ0v) is 14.8. The van der Waals surface area contributed by atoms with Crippen LogP contribution in [0.2, 0.25) is 0 Å². The second-order valence-corrected chi connectivity index (χ2v) is 6.94. The maximum absolute atomic E-state index is 12.7. The van der Waals surface area contributed by atoms with E-state index in [9.17, 15) is 14.4 Å². The summed E-state index contributed by atoms with van der Waals surface area (Å²) in [5, 5.41) is 9.04. The molecule has 1 unspecified atom stereocenters. The van der Waals surface area contributed by atoms with Crippen LogP contribution in [0.3, 0.4) is 0 Å². The third-order valence-corrected chi connectivity index (χ3v) is 5.36. The van der Waals surface area contributed by atoms with E-state index in [1.165, 1.54) is 6.92 Å². The molecule has 0 bridgehead atoms. The number of carboxylic acids is 1. The number of ketones is 1. The molecule has 0 aliphatic heterocycles. The Morgan fingerprint density at radius 3 is 2.42 bits per heavy atom. The minimum Gasteiger partial charge on any atom is -0.481 e. The van der Waals surface area contributed by atoms with Crippen LogP contribution >= 0.6 is 0 Å². The predicted octanol–water partition coefficient (Wildman–Crippen LogP) is 3.41. The Hall–Kier alpha value is -2.69. The zero-order chi connectivity index (χ0) is 18.8. The van der Waals surface area contributed by atoms with Crippen molar-refractivity contribution in [1.29, 1.82) is 0 Å². The number of carbonyl (C=O) groups is 3. The Morgan fingerprint density at radius 1 is 1.08 bits per heavy atom. The molecule has 26 heavy (non-hydrogen) atoms. The fourth-order valence-electron chi connectivity index (χ4n) is 3.59. The van der Waals surface area contributed by atoms with Gasteiger partial charge in [-0.2, -0.15) is 0 Å². The number of hydrogen-bond donors (Lipinski definition) is 1. The van der Waals surface area contributed by atoms with E-state index >= 15 is 0 Å². The third-order valence-electron chi connectivity index (χ3n) is 5.36. The lowest BCUT2D eigenvalue weighted by atomic mass is 9.90. The Morgan fingerprint density at radius 2 is 1.77 bits per heavy atom. The molecule has 2 aliphatic rings. The number of carboxylic acid groups (broad SMARTS) is 1. The number of allylic oxidation sites excluding steroid dienone is 3. The molecule has 1 fully saturated rings. The molecule has 0 heterocycles.